The van der Waals surface area contributed by atoms with Crippen molar-refractivity contribution in [3.63, 3.8) is 0 Å². The molecule has 3 aromatic rings. The molecule has 1 atom stereocenters. The summed E-state index contributed by atoms with van der Waals surface area (Å²) in [6.45, 7) is 3.08. The molecule has 1 aliphatic rings. The van der Waals surface area contributed by atoms with E-state index in [1.807, 2.05) is 24.3 Å². The number of aromatic nitrogens is 1. The second-order valence-electron chi connectivity index (χ2n) is 7.46. The lowest BCUT2D eigenvalue weighted by Gasteiger charge is -2.29. The Morgan fingerprint density at radius 3 is 2.35 bits per heavy atom. The molecule has 1 aromatic heterocycles. The van der Waals surface area contributed by atoms with Gasteiger partial charge in [0.2, 0.25) is 0 Å². The van der Waals surface area contributed by atoms with Crippen molar-refractivity contribution in [2.24, 2.45) is 0 Å². The maximum Gasteiger partial charge on any atom is 0.344 e. The lowest BCUT2D eigenvalue weighted by molar-refractivity contribution is -0.139. The van der Waals surface area contributed by atoms with Gasteiger partial charge >= 0.3 is 18.0 Å². The highest BCUT2D eigenvalue weighted by atomic mass is 16.5. The molecule has 2 N–H and O–H groups in total. The third-order valence-corrected chi connectivity index (χ3v) is 5.24. The summed E-state index contributed by atoms with van der Waals surface area (Å²) in [6.07, 6.45) is 0. The van der Waals surface area contributed by atoms with Gasteiger partial charge in [-0.05, 0) is 19.4 Å². The van der Waals surface area contributed by atoms with Crippen LogP contribution in [-0.4, -0.2) is 36.3 Å². The predicted octanol–water partition coefficient (Wildman–Crippen LogP) is 3.68. The highest BCUT2D eigenvalue weighted by Gasteiger charge is 2.34. The molecule has 4 rings (SSSR count). The van der Waals surface area contributed by atoms with Gasteiger partial charge in [-0.2, -0.15) is 0 Å². The highest BCUT2D eigenvalue weighted by molar-refractivity contribution is 5.98. The number of aryl methyl sites for hydroxylation is 1. The molecule has 2 amide bonds. The van der Waals surface area contributed by atoms with E-state index in [-0.39, 0.29) is 30.0 Å². The topological polar surface area (TPSA) is 120 Å². The zero-order valence-corrected chi connectivity index (χ0v) is 18.7. The minimum atomic E-state index is -0.764. The van der Waals surface area contributed by atoms with Crippen molar-refractivity contribution < 1.29 is 28.4 Å². The van der Waals surface area contributed by atoms with E-state index in [0.29, 0.717) is 22.6 Å². The molecule has 9 nitrogen and oxygen atoms in total. The van der Waals surface area contributed by atoms with Crippen molar-refractivity contribution in [2.45, 2.75) is 19.9 Å². The molecule has 34 heavy (non-hydrogen) atoms. The molecule has 1 aliphatic heterocycles. The molecule has 0 spiro atoms. The standard InChI is InChI=1S/C25H23N3O6/c1-3-32-24(30)20-18(26-25(31)27-21(20)16-10-6-4-7-11-16)14-33-23(29)19-15(2)34-28-22(19)17-12-8-5-9-13-17/h4-13,21H,3,14H2,1-2H3,(H2,26,27,31)/t21-/m1/s1. The maximum atomic E-state index is 13.0. The molecular formula is C25H23N3O6. The summed E-state index contributed by atoms with van der Waals surface area (Å²) in [4.78, 5) is 38.2. The number of esters is 2. The zero-order chi connectivity index (χ0) is 24.1. The Kier molecular flexibility index (Phi) is 6.72. The van der Waals surface area contributed by atoms with E-state index in [9.17, 15) is 14.4 Å². The first-order valence-electron chi connectivity index (χ1n) is 10.7. The molecule has 0 saturated carbocycles. The monoisotopic (exact) mass is 461 g/mol. The summed E-state index contributed by atoms with van der Waals surface area (Å²) in [5.74, 6) is -1.03. The van der Waals surface area contributed by atoms with Crippen molar-refractivity contribution in [1.29, 1.82) is 0 Å². The van der Waals surface area contributed by atoms with Crippen molar-refractivity contribution in [3.05, 3.63) is 88.8 Å². The molecule has 2 heterocycles. The fraction of sp³-hybridized carbons (Fsp3) is 0.200. The van der Waals surface area contributed by atoms with Crippen LogP contribution in [0.5, 0.6) is 0 Å². The van der Waals surface area contributed by atoms with E-state index < -0.39 is 24.0 Å². The Labute approximate surface area is 195 Å². The van der Waals surface area contributed by atoms with Crippen molar-refractivity contribution in [2.75, 3.05) is 13.2 Å². The van der Waals surface area contributed by atoms with Gasteiger partial charge in [0.15, 0.2) is 0 Å². The number of hydrogen-bond acceptors (Lipinski definition) is 7. The van der Waals surface area contributed by atoms with E-state index in [0.717, 1.165) is 0 Å². The molecule has 0 radical (unpaired) electrons. The van der Waals surface area contributed by atoms with E-state index in [1.165, 1.54) is 0 Å². The molecule has 0 unspecified atom stereocenters. The number of hydrogen-bond donors (Lipinski definition) is 2. The van der Waals surface area contributed by atoms with Gasteiger partial charge in [-0.1, -0.05) is 65.8 Å². The summed E-state index contributed by atoms with van der Waals surface area (Å²) in [5.41, 5.74) is 2.19. The number of nitrogens with one attached hydrogen (secondary N) is 2. The number of urea groups is 1. The second-order valence-corrected chi connectivity index (χ2v) is 7.46. The Morgan fingerprint density at radius 1 is 1.00 bits per heavy atom. The quantitative estimate of drug-likeness (QED) is 0.515. The number of carbonyl (C=O) groups is 3. The van der Waals surface area contributed by atoms with E-state index in [2.05, 4.69) is 15.8 Å². The van der Waals surface area contributed by atoms with E-state index in [1.54, 1.807) is 50.2 Å². The predicted molar refractivity (Wildman–Crippen MR) is 121 cm³/mol. The molecular weight excluding hydrogens is 438 g/mol. The normalized spacial score (nSPS) is 15.4. The van der Waals surface area contributed by atoms with Crippen molar-refractivity contribution >= 4 is 18.0 Å². The number of rotatable bonds is 7. The zero-order valence-electron chi connectivity index (χ0n) is 18.7. The van der Waals surface area contributed by atoms with Gasteiger partial charge in [-0.15, -0.1) is 0 Å². The first-order chi connectivity index (χ1) is 16.5. The van der Waals surface area contributed by atoms with Crippen LogP contribution in [0.3, 0.4) is 0 Å². The minimum Gasteiger partial charge on any atom is -0.463 e. The molecule has 0 fully saturated rings. The fourth-order valence-electron chi connectivity index (χ4n) is 3.69. The number of nitrogens with zero attached hydrogens (tertiary/aromatic N) is 1. The Hall–Kier alpha value is -4.40. The second kappa shape index (κ2) is 10.0. The average Bonchev–Trinajstić information content (AvgIpc) is 3.24. The molecule has 174 valence electrons. The summed E-state index contributed by atoms with van der Waals surface area (Å²) in [6, 6.07) is 16.8. The van der Waals surface area contributed by atoms with Crippen LogP contribution in [0.25, 0.3) is 11.3 Å². The van der Waals surface area contributed by atoms with E-state index >= 15 is 0 Å². The molecule has 0 saturated heterocycles. The van der Waals surface area contributed by atoms with Crippen LogP contribution in [-0.2, 0) is 14.3 Å². The third-order valence-electron chi connectivity index (χ3n) is 5.24. The van der Waals surface area contributed by atoms with Gasteiger partial charge in [0.25, 0.3) is 0 Å². The number of carbonyl (C=O) groups excluding carboxylic acids is 3. The number of benzene rings is 2. The van der Waals surface area contributed by atoms with Crippen LogP contribution in [0.1, 0.15) is 34.6 Å². The van der Waals surface area contributed by atoms with Gasteiger partial charge in [-0.25, -0.2) is 14.4 Å². The van der Waals surface area contributed by atoms with Gasteiger partial charge in [-0.3, -0.25) is 0 Å². The fourth-order valence-corrected chi connectivity index (χ4v) is 3.69. The smallest absolute Gasteiger partial charge is 0.344 e. The first kappa shape index (κ1) is 22.8. The summed E-state index contributed by atoms with van der Waals surface area (Å²) in [7, 11) is 0. The Bertz CT molecular complexity index is 1230. The SMILES string of the molecule is CCOC(=O)C1=C(COC(=O)c2c(-c3ccccc3)noc2C)NC(=O)N[C@@H]1c1ccccc1. The highest BCUT2D eigenvalue weighted by Crippen LogP contribution is 2.29. The van der Waals surface area contributed by atoms with Gasteiger partial charge < -0.3 is 24.6 Å². The van der Waals surface area contributed by atoms with Crippen LogP contribution < -0.4 is 10.6 Å². The van der Waals surface area contributed by atoms with Gasteiger partial charge in [0.05, 0.1) is 23.9 Å². The largest absolute Gasteiger partial charge is 0.463 e. The van der Waals surface area contributed by atoms with Gasteiger partial charge in [0, 0.05) is 5.56 Å². The Balaban J connectivity index is 1.65. The van der Waals surface area contributed by atoms with Crippen LogP contribution >= 0.6 is 0 Å². The van der Waals surface area contributed by atoms with Gasteiger partial charge in [0.1, 0.15) is 23.6 Å². The Morgan fingerprint density at radius 2 is 1.68 bits per heavy atom. The first-order valence-corrected chi connectivity index (χ1v) is 10.7. The van der Waals surface area contributed by atoms with E-state index in [4.69, 9.17) is 14.0 Å². The van der Waals surface area contributed by atoms with Crippen LogP contribution in [0, 0.1) is 6.92 Å². The minimum absolute atomic E-state index is 0.139. The van der Waals surface area contributed by atoms with Crippen LogP contribution in [0.4, 0.5) is 4.79 Å². The molecule has 9 heteroatoms. The lowest BCUT2D eigenvalue weighted by atomic mass is 9.95. The number of ether oxygens (including phenoxy) is 2. The summed E-state index contributed by atoms with van der Waals surface area (Å²) < 4.78 is 16.0. The van der Waals surface area contributed by atoms with Crippen LogP contribution in [0.15, 0.2) is 76.5 Å². The average molecular weight is 461 g/mol. The summed E-state index contributed by atoms with van der Waals surface area (Å²) in [5, 5.41) is 9.30. The van der Waals surface area contributed by atoms with Crippen LogP contribution in [0.2, 0.25) is 0 Å². The summed E-state index contributed by atoms with van der Waals surface area (Å²) >= 11 is 0. The lowest BCUT2D eigenvalue weighted by Crippen LogP contribution is -2.47. The third kappa shape index (κ3) is 4.68. The maximum absolute atomic E-state index is 13.0. The molecule has 0 bridgehead atoms. The van der Waals surface area contributed by atoms with Crippen molar-refractivity contribution in [3.8, 4) is 11.3 Å². The van der Waals surface area contributed by atoms with Crippen molar-refractivity contribution in [1.82, 2.24) is 15.8 Å². The number of amides is 2. The molecule has 0 aliphatic carbocycles. The molecule has 2 aromatic carbocycles.